The third-order valence-electron chi connectivity index (χ3n) is 4.92. The first-order valence-electron chi connectivity index (χ1n) is 7.62. The van der Waals surface area contributed by atoms with Gasteiger partial charge in [0.15, 0.2) is 0 Å². The van der Waals surface area contributed by atoms with Crippen molar-refractivity contribution in [1.29, 1.82) is 0 Å². The van der Waals surface area contributed by atoms with Crippen LogP contribution in [0.5, 0.6) is 0 Å². The average molecular weight is 244 g/mol. The maximum atomic E-state index is 2.45. The molecule has 0 saturated heterocycles. The van der Waals surface area contributed by atoms with Gasteiger partial charge in [-0.05, 0) is 41.2 Å². The van der Waals surface area contributed by atoms with Crippen molar-refractivity contribution in [2.24, 2.45) is 5.92 Å². The van der Waals surface area contributed by atoms with E-state index in [4.69, 9.17) is 0 Å². The molecule has 0 aromatic heterocycles. The van der Waals surface area contributed by atoms with E-state index in [0.717, 1.165) is 5.92 Å². The van der Waals surface area contributed by atoms with Crippen molar-refractivity contribution in [2.45, 2.75) is 71.1 Å². The van der Waals surface area contributed by atoms with Gasteiger partial charge in [0.2, 0.25) is 0 Å². The van der Waals surface area contributed by atoms with Gasteiger partial charge in [-0.3, -0.25) is 0 Å². The minimum atomic E-state index is 0.339. The van der Waals surface area contributed by atoms with Crippen LogP contribution >= 0.6 is 0 Å². The van der Waals surface area contributed by atoms with Gasteiger partial charge < -0.3 is 0 Å². The Labute approximate surface area is 113 Å². The SMILES string of the molecule is CC(C)c1cccc(C(C)(C)C2CCCCC2)c1. The number of rotatable bonds is 3. The fraction of sp³-hybridized carbons (Fsp3) is 0.667. The Bertz CT molecular complexity index is 381. The van der Waals surface area contributed by atoms with Gasteiger partial charge in [0.25, 0.3) is 0 Å². The molecule has 0 spiro atoms. The van der Waals surface area contributed by atoms with Gasteiger partial charge in [-0.25, -0.2) is 0 Å². The Morgan fingerprint density at radius 1 is 1.06 bits per heavy atom. The lowest BCUT2D eigenvalue weighted by atomic mass is 9.67. The molecule has 100 valence electrons. The van der Waals surface area contributed by atoms with E-state index in [1.54, 1.807) is 5.56 Å². The first-order valence-corrected chi connectivity index (χ1v) is 7.62. The zero-order valence-electron chi connectivity index (χ0n) is 12.5. The second-order valence-corrected chi connectivity index (χ2v) is 6.84. The topological polar surface area (TPSA) is 0 Å². The highest BCUT2D eigenvalue weighted by atomic mass is 14.4. The molecule has 0 amide bonds. The normalized spacial score (nSPS) is 18.3. The predicted molar refractivity (Wildman–Crippen MR) is 80.1 cm³/mol. The first kappa shape index (κ1) is 13.6. The molecule has 1 aromatic rings. The van der Waals surface area contributed by atoms with E-state index in [1.807, 2.05) is 0 Å². The van der Waals surface area contributed by atoms with Crippen molar-refractivity contribution in [1.82, 2.24) is 0 Å². The molecule has 0 heteroatoms. The Kier molecular flexibility index (Phi) is 4.14. The smallest absolute Gasteiger partial charge is 0.00752 e. The van der Waals surface area contributed by atoms with Crippen LogP contribution in [-0.4, -0.2) is 0 Å². The van der Waals surface area contributed by atoms with Gasteiger partial charge in [0, 0.05) is 0 Å². The fourth-order valence-electron chi connectivity index (χ4n) is 3.36. The predicted octanol–water partition coefficient (Wildman–Crippen LogP) is 5.67. The van der Waals surface area contributed by atoms with E-state index in [1.165, 1.54) is 37.7 Å². The van der Waals surface area contributed by atoms with Crippen molar-refractivity contribution in [3.05, 3.63) is 35.4 Å². The third kappa shape index (κ3) is 2.79. The van der Waals surface area contributed by atoms with Crippen LogP contribution in [0.2, 0.25) is 0 Å². The molecule has 0 atom stereocenters. The molecule has 0 aliphatic heterocycles. The van der Waals surface area contributed by atoms with Crippen LogP contribution in [0, 0.1) is 5.92 Å². The van der Waals surface area contributed by atoms with E-state index >= 15 is 0 Å². The lowest BCUT2D eigenvalue weighted by molar-refractivity contribution is 0.236. The third-order valence-corrected chi connectivity index (χ3v) is 4.92. The molecular weight excluding hydrogens is 216 g/mol. The lowest BCUT2D eigenvalue weighted by Gasteiger charge is -2.38. The maximum absolute atomic E-state index is 2.45. The molecule has 0 nitrogen and oxygen atoms in total. The summed E-state index contributed by atoms with van der Waals surface area (Å²) in [4.78, 5) is 0. The van der Waals surface area contributed by atoms with E-state index in [9.17, 15) is 0 Å². The Morgan fingerprint density at radius 3 is 2.33 bits per heavy atom. The largest absolute Gasteiger partial charge is 0.0617 e. The molecule has 0 heterocycles. The monoisotopic (exact) mass is 244 g/mol. The highest BCUT2D eigenvalue weighted by Gasteiger charge is 2.32. The first-order chi connectivity index (χ1) is 8.51. The molecular formula is C18H28. The number of hydrogen-bond donors (Lipinski definition) is 0. The molecule has 1 aromatic carbocycles. The molecule has 1 aliphatic carbocycles. The number of benzene rings is 1. The van der Waals surface area contributed by atoms with Crippen LogP contribution in [0.25, 0.3) is 0 Å². The van der Waals surface area contributed by atoms with Gasteiger partial charge in [-0.1, -0.05) is 71.2 Å². The molecule has 0 N–H and O–H groups in total. The standard InChI is InChI=1S/C18H28/c1-14(2)15-9-8-12-17(13-15)18(3,4)16-10-6-5-7-11-16/h8-9,12-14,16H,5-7,10-11H2,1-4H3. The summed E-state index contributed by atoms with van der Waals surface area (Å²) in [5.41, 5.74) is 3.36. The summed E-state index contributed by atoms with van der Waals surface area (Å²) in [6.07, 6.45) is 7.13. The van der Waals surface area contributed by atoms with Crippen LogP contribution in [0.3, 0.4) is 0 Å². The second-order valence-electron chi connectivity index (χ2n) is 6.84. The fourth-order valence-corrected chi connectivity index (χ4v) is 3.36. The van der Waals surface area contributed by atoms with E-state index in [2.05, 4.69) is 52.0 Å². The molecule has 0 bridgehead atoms. The van der Waals surface area contributed by atoms with Crippen LogP contribution in [-0.2, 0) is 5.41 Å². The lowest BCUT2D eigenvalue weighted by Crippen LogP contribution is -2.30. The van der Waals surface area contributed by atoms with Gasteiger partial charge in [0.05, 0.1) is 0 Å². The maximum Gasteiger partial charge on any atom is -0.00752 e. The van der Waals surface area contributed by atoms with Crippen molar-refractivity contribution in [2.75, 3.05) is 0 Å². The average Bonchev–Trinajstić information content (AvgIpc) is 2.40. The van der Waals surface area contributed by atoms with Crippen LogP contribution in [0.15, 0.2) is 24.3 Å². The summed E-state index contributed by atoms with van der Waals surface area (Å²) in [5.74, 6) is 1.50. The van der Waals surface area contributed by atoms with E-state index in [-0.39, 0.29) is 0 Å². The molecule has 2 rings (SSSR count). The zero-order chi connectivity index (χ0) is 13.2. The van der Waals surface area contributed by atoms with Crippen LogP contribution < -0.4 is 0 Å². The van der Waals surface area contributed by atoms with Gasteiger partial charge in [-0.15, -0.1) is 0 Å². The quantitative estimate of drug-likeness (QED) is 0.643. The van der Waals surface area contributed by atoms with Crippen LogP contribution in [0.4, 0.5) is 0 Å². The summed E-state index contributed by atoms with van der Waals surface area (Å²) < 4.78 is 0. The molecule has 0 unspecified atom stereocenters. The van der Waals surface area contributed by atoms with Crippen molar-refractivity contribution in [3.8, 4) is 0 Å². The highest BCUT2D eigenvalue weighted by Crippen LogP contribution is 2.41. The minimum Gasteiger partial charge on any atom is -0.0617 e. The summed E-state index contributed by atoms with van der Waals surface area (Å²) >= 11 is 0. The van der Waals surface area contributed by atoms with Gasteiger partial charge in [-0.2, -0.15) is 0 Å². The van der Waals surface area contributed by atoms with E-state index < -0.39 is 0 Å². The summed E-state index contributed by atoms with van der Waals surface area (Å²) in [7, 11) is 0. The highest BCUT2D eigenvalue weighted by molar-refractivity contribution is 5.31. The molecule has 18 heavy (non-hydrogen) atoms. The van der Waals surface area contributed by atoms with Crippen molar-refractivity contribution >= 4 is 0 Å². The van der Waals surface area contributed by atoms with E-state index in [0.29, 0.717) is 11.3 Å². The van der Waals surface area contributed by atoms with Crippen molar-refractivity contribution < 1.29 is 0 Å². The van der Waals surface area contributed by atoms with Crippen molar-refractivity contribution in [3.63, 3.8) is 0 Å². The molecule has 1 saturated carbocycles. The minimum absolute atomic E-state index is 0.339. The number of hydrogen-bond acceptors (Lipinski definition) is 0. The van der Waals surface area contributed by atoms with Crippen LogP contribution in [0.1, 0.15) is 76.8 Å². The summed E-state index contributed by atoms with van der Waals surface area (Å²) in [6.45, 7) is 9.46. The van der Waals surface area contributed by atoms with Gasteiger partial charge >= 0.3 is 0 Å². The molecule has 1 aliphatic rings. The van der Waals surface area contributed by atoms with Gasteiger partial charge in [0.1, 0.15) is 0 Å². The Hall–Kier alpha value is -0.780. The Balaban J connectivity index is 2.25. The second kappa shape index (κ2) is 5.47. The summed E-state index contributed by atoms with van der Waals surface area (Å²) in [5, 5.41) is 0. The Morgan fingerprint density at radius 2 is 1.72 bits per heavy atom. The summed E-state index contributed by atoms with van der Waals surface area (Å²) in [6, 6.07) is 9.29. The molecule has 0 radical (unpaired) electrons. The molecule has 1 fully saturated rings. The zero-order valence-corrected chi connectivity index (χ0v) is 12.5.